The molecule has 0 aliphatic carbocycles. The van der Waals surface area contributed by atoms with Gasteiger partial charge in [-0.25, -0.2) is 4.79 Å². The normalized spacial score (nSPS) is 12.1. The molecule has 3 rings (SSSR count). The number of aliphatic carboxylic acids is 1. The van der Waals surface area contributed by atoms with Crippen molar-refractivity contribution in [1.29, 1.82) is 0 Å². The van der Waals surface area contributed by atoms with Crippen LogP contribution in [0.15, 0.2) is 54.6 Å². The Morgan fingerprint density at radius 2 is 1.55 bits per heavy atom. The lowest BCUT2D eigenvalue weighted by Crippen LogP contribution is -2.20. The van der Waals surface area contributed by atoms with Crippen LogP contribution in [0.25, 0.3) is 10.8 Å². The zero-order valence-electron chi connectivity index (χ0n) is 17.0. The van der Waals surface area contributed by atoms with Crippen molar-refractivity contribution in [3.8, 4) is 5.75 Å². The number of hydrogen-bond acceptors (Lipinski definition) is 3. The Bertz CT molecular complexity index is 966. The standard InChI is InChI=1S/C25H28O4/c1-3-7-20-13-17(16-26)14-21(8-4-2)23(20)29-24(25(27)28)22-12-11-18-9-5-6-10-19(18)15-22/h5-6,9-15,24,26H,3-4,7-8,16H2,1-2H3,(H,27,28). The number of ether oxygens (including phenoxy) is 1. The van der Waals surface area contributed by atoms with Gasteiger partial charge in [0.2, 0.25) is 6.10 Å². The smallest absolute Gasteiger partial charge is 0.349 e. The minimum Gasteiger partial charge on any atom is -0.478 e. The van der Waals surface area contributed by atoms with Crippen LogP contribution in [-0.4, -0.2) is 16.2 Å². The molecule has 3 aromatic rings. The van der Waals surface area contributed by atoms with Gasteiger partial charge in [-0.2, -0.15) is 0 Å². The Morgan fingerprint density at radius 3 is 2.10 bits per heavy atom. The number of carbonyl (C=O) groups is 1. The number of benzene rings is 3. The van der Waals surface area contributed by atoms with E-state index in [9.17, 15) is 15.0 Å². The molecule has 0 aliphatic rings. The number of hydrogen-bond donors (Lipinski definition) is 2. The molecule has 0 aliphatic heterocycles. The van der Waals surface area contributed by atoms with E-state index in [1.807, 2.05) is 54.6 Å². The first-order chi connectivity index (χ1) is 14.1. The fourth-order valence-corrected chi connectivity index (χ4v) is 3.73. The van der Waals surface area contributed by atoms with E-state index in [1.165, 1.54) is 0 Å². The van der Waals surface area contributed by atoms with Crippen molar-refractivity contribution in [3.63, 3.8) is 0 Å². The van der Waals surface area contributed by atoms with Gasteiger partial charge in [0.15, 0.2) is 0 Å². The van der Waals surface area contributed by atoms with Crippen molar-refractivity contribution >= 4 is 16.7 Å². The lowest BCUT2D eigenvalue weighted by molar-refractivity contribution is -0.145. The fraction of sp³-hybridized carbons (Fsp3) is 0.320. The lowest BCUT2D eigenvalue weighted by atomic mass is 9.97. The topological polar surface area (TPSA) is 66.8 Å². The predicted octanol–water partition coefficient (Wildman–Crippen LogP) is 5.44. The van der Waals surface area contributed by atoms with Gasteiger partial charge < -0.3 is 14.9 Å². The van der Waals surface area contributed by atoms with Gasteiger partial charge in [0.1, 0.15) is 5.75 Å². The second-order valence-corrected chi connectivity index (χ2v) is 7.34. The van der Waals surface area contributed by atoms with Crippen molar-refractivity contribution in [2.45, 2.75) is 52.2 Å². The Labute approximate surface area is 171 Å². The van der Waals surface area contributed by atoms with Crippen molar-refractivity contribution in [2.75, 3.05) is 0 Å². The molecule has 0 bridgehead atoms. The Hall–Kier alpha value is -2.85. The molecule has 152 valence electrons. The average Bonchev–Trinajstić information content (AvgIpc) is 2.72. The summed E-state index contributed by atoms with van der Waals surface area (Å²) >= 11 is 0. The summed E-state index contributed by atoms with van der Waals surface area (Å²) in [5.41, 5.74) is 3.36. The molecule has 0 amide bonds. The Morgan fingerprint density at radius 1 is 0.931 bits per heavy atom. The van der Waals surface area contributed by atoms with Crippen LogP contribution in [-0.2, 0) is 24.2 Å². The van der Waals surface area contributed by atoms with E-state index in [0.717, 1.165) is 53.1 Å². The summed E-state index contributed by atoms with van der Waals surface area (Å²) in [6, 6.07) is 17.4. The van der Waals surface area contributed by atoms with E-state index in [1.54, 1.807) is 0 Å². The van der Waals surface area contributed by atoms with Crippen LogP contribution >= 0.6 is 0 Å². The highest BCUT2D eigenvalue weighted by Crippen LogP contribution is 2.33. The maximum Gasteiger partial charge on any atom is 0.349 e. The van der Waals surface area contributed by atoms with Crippen molar-refractivity contribution in [1.82, 2.24) is 0 Å². The molecule has 4 nitrogen and oxygen atoms in total. The molecule has 0 heterocycles. The highest BCUT2D eigenvalue weighted by molar-refractivity contribution is 5.85. The van der Waals surface area contributed by atoms with Gasteiger partial charge in [0, 0.05) is 5.56 Å². The molecular formula is C25H28O4. The molecule has 4 heteroatoms. The molecule has 0 spiro atoms. The van der Waals surface area contributed by atoms with Crippen LogP contribution in [0.1, 0.15) is 55.0 Å². The molecule has 0 fully saturated rings. The van der Waals surface area contributed by atoms with Gasteiger partial charge in [-0.15, -0.1) is 0 Å². The van der Waals surface area contributed by atoms with Crippen LogP contribution in [0.2, 0.25) is 0 Å². The monoisotopic (exact) mass is 392 g/mol. The zero-order chi connectivity index (χ0) is 20.8. The Kier molecular flexibility index (Phi) is 6.89. The predicted molar refractivity (Wildman–Crippen MR) is 115 cm³/mol. The maximum absolute atomic E-state index is 12.1. The number of aliphatic hydroxyl groups is 1. The van der Waals surface area contributed by atoms with Gasteiger partial charge in [-0.3, -0.25) is 0 Å². The zero-order valence-corrected chi connectivity index (χ0v) is 17.0. The van der Waals surface area contributed by atoms with E-state index in [-0.39, 0.29) is 6.61 Å². The summed E-state index contributed by atoms with van der Waals surface area (Å²) in [7, 11) is 0. The van der Waals surface area contributed by atoms with Crippen LogP contribution in [0.3, 0.4) is 0 Å². The van der Waals surface area contributed by atoms with Crippen LogP contribution in [0.4, 0.5) is 0 Å². The first kappa shape index (κ1) is 20.9. The van der Waals surface area contributed by atoms with Crippen molar-refractivity contribution in [3.05, 3.63) is 76.9 Å². The first-order valence-corrected chi connectivity index (χ1v) is 10.2. The molecule has 0 saturated heterocycles. The van der Waals surface area contributed by atoms with Gasteiger partial charge in [0.25, 0.3) is 0 Å². The molecular weight excluding hydrogens is 364 g/mol. The molecule has 1 atom stereocenters. The minimum atomic E-state index is -1.09. The van der Waals surface area contributed by atoms with E-state index in [4.69, 9.17) is 4.74 Å². The van der Waals surface area contributed by atoms with Gasteiger partial charge in [-0.05, 0) is 58.5 Å². The van der Waals surface area contributed by atoms with E-state index in [0.29, 0.717) is 11.3 Å². The van der Waals surface area contributed by atoms with Gasteiger partial charge in [-0.1, -0.05) is 63.1 Å². The molecule has 2 N–H and O–H groups in total. The van der Waals surface area contributed by atoms with Crippen LogP contribution in [0.5, 0.6) is 5.75 Å². The maximum atomic E-state index is 12.1. The lowest BCUT2D eigenvalue weighted by Gasteiger charge is -2.22. The minimum absolute atomic E-state index is 0.0409. The molecule has 0 aromatic heterocycles. The average molecular weight is 392 g/mol. The molecule has 0 radical (unpaired) electrons. The SMILES string of the molecule is CCCc1cc(CO)cc(CCC)c1OC(C(=O)O)c1ccc2ccccc2c1. The van der Waals surface area contributed by atoms with E-state index >= 15 is 0 Å². The molecule has 29 heavy (non-hydrogen) atoms. The van der Waals surface area contributed by atoms with E-state index < -0.39 is 12.1 Å². The molecule has 0 saturated carbocycles. The van der Waals surface area contributed by atoms with Gasteiger partial charge in [0.05, 0.1) is 6.61 Å². The third kappa shape index (κ3) is 4.77. The highest BCUT2D eigenvalue weighted by atomic mass is 16.5. The van der Waals surface area contributed by atoms with Crippen molar-refractivity contribution in [2.24, 2.45) is 0 Å². The Balaban J connectivity index is 2.06. The van der Waals surface area contributed by atoms with Crippen LogP contribution in [0, 0.1) is 0 Å². The van der Waals surface area contributed by atoms with E-state index in [2.05, 4.69) is 13.8 Å². The quantitative estimate of drug-likeness (QED) is 0.509. The number of carboxylic acids is 1. The summed E-state index contributed by atoms with van der Waals surface area (Å²) < 4.78 is 6.20. The largest absolute Gasteiger partial charge is 0.478 e. The number of aliphatic hydroxyl groups excluding tert-OH is 1. The highest BCUT2D eigenvalue weighted by Gasteiger charge is 2.25. The summed E-state index contributed by atoms with van der Waals surface area (Å²) in [4.78, 5) is 12.1. The number of aryl methyl sites for hydroxylation is 2. The van der Waals surface area contributed by atoms with Crippen molar-refractivity contribution < 1.29 is 19.7 Å². The third-order valence-corrected chi connectivity index (χ3v) is 5.06. The fourth-order valence-electron chi connectivity index (χ4n) is 3.73. The third-order valence-electron chi connectivity index (χ3n) is 5.06. The second kappa shape index (κ2) is 9.57. The number of carboxylic acid groups (broad SMARTS) is 1. The van der Waals surface area contributed by atoms with Crippen LogP contribution < -0.4 is 4.74 Å². The van der Waals surface area contributed by atoms with Gasteiger partial charge >= 0.3 is 5.97 Å². The molecule has 1 unspecified atom stereocenters. The summed E-state index contributed by atoms with van der Waals surface area (Å²) in [5, 5.41) is 21.6. The molecule has 3 aromatic carbocycles. The summed E-state index contributed by atoms with van der Waals surface area (Å²) in [5.74, 6) is -0.372. The summed E-state index contributed by atoms with van der Waals surface area (Å²) in [6.45, 7) is 4.11. The first-order valence-electron chi connectivity index (χ1n) is 10.2. The number of rotatable bonds is 9. The second-order valence-electron chi connectivity index (χ2n) is 7.34. The number of fused-ring (bicyclic) bond motifs is 1. The summed E-state index contributed by atoms with van der Waals surface area (Å²) in [6.07, 6.45) is 2.26.